The summed E-state index contributed by atoms with van der Waals surface area (Å²) in [5.41, 5.74) is 1.84. The van der Waals surface area contributed by atoms with E-state index >= 15 is 0 Å². The van der Waals surface area contributed by atoms with Gasteiger partial charge in [-0.1, -0.05) is 17.7 Å². The highest BCUT2D eigenvalue weighted by atomic mass is 35.5. The largest absolute Gasteiger partial charge is 0.264 e. The van der Waals surface area contributed by atoms with Gasteiger partial charge in [-0.3, -0.25) is 4.98 Å². The summed E-state index contributed by atoms with van der Waals surface area (Å²) in [5, 5.41) is 9.10. The molecular formula is C13H12ClN3. The van der Waals surface area contributed by atoms with E-state index in [1.54, 1.807) is 24.5 Å². The van der Waals surface area contributed by atoms with Crippen molar-refractivity contribution in [3.05, 3.63) is 59.4 Å². The summed E-state index contributed by atoms with van der Waals surface area (Å²) in [6.45, 7) is 1.98. The van der Waals surface area contributed by atoms with Gasteiger partial charge < -0.3 is 0 Å². The highest BCUT2D eigenvalue weighted by molar-refractivity contribution is 6.30. The maximum Gasteiger partial charge on any atom is 0.0948 e. The van der Waals surface area contributed by atoms with Gasteiger partial charge in [-0.25, -0.2) is 0 Å². The number of aromatic nitrogens is 1. The molecule has 0 spiro atoms. The van der Waals surface area contributed by atoms with Crippen molar-refractivity contribution >= 4 is 17.3 Å². The molecule has 2 rings (SSSR count). The molecule has 0 amide bonds. The van der Waals surface area contributed by atoms with Crippen molar-refractivity contribution in [3.63, 3.8) is 0 Å². The van der Waals surface area contributed by atoms with E-state index in [1.165, 1.54) is 0 Å². The number of hydrogen-bond donors (Lipinski definition) is 0. The zero-order valence-electron chi connectivity index (χ0n) is 9.42. The van der Waals surface area contributed by atoms with Crippen LogP contribution in [0.1, 0.15) is 18.5 Å². The van der Waals surface area contributed by atoms with Gasteiger partial charge in [0.2, 0.25) is 0 Å². The number of hydrogen-bond acceptors (Lipinski definition) is 3. The second-order valence-corrected chi connectivity index (χ2v) is 4.09. The molecular weight excluding hydrogens is 234 g/mol. The third-order valence-electron chi connectivity index (χ3n) is 2.34. The topological polar surface area (TPSA) is 37.6 Å². The van der Waals surface area contributed by atoms with Gasteiger partial charge in [0, 0.05) is 17.4 Å². The fourth-order valence-electron chi connectivity index (χ4n) is 1.35. The Balaban J connectivity index is 2.08. The Kier molecular flexibility index (Phi) is 3.83. The molecule has 3 nitrogen and oxygen atoms in total. The smallest absolute Gasteiger partial charge is 0.0948 e. The second-order valence-electron chi connectivity index (χ2n) is 3.65. The molecule has 1 heterocycles. The first kappa shape index (κ1) is 11.7. The van der Waals surface area contributed by atoms with Crippen molar-refractivity contribution < 1.29 is 0 Å². The number of pyridine rings is 1. The van der Waals surface area contributed by atoms with Gasteiger partial charge in [0.1, 0.15) is 0 Å². The van der Waals surface area contributed by atoms with Crippen LogP contribution in [0.5, 0.6) is 0 Å². The number of nitrogens with zero attached hydrogens (tertiary/aromatic N) is 3. The minimum Gasteiger partial charge on any atom is -0.264 e. The SMILES string of the molecule is CC(N=Nc1ccc(Cl)cc1)c1cccnc1. The van der Waals surface area contributed by atoms with E-state index in [-0.39, 0.29) is 6.04 Å². The lowest BCUT2D eigenvalue weighted by Gasteiger charge is -2.03. The molecule has 0 saturated heterocycles. The molecule has 1 aromatic heterocycles. The molecule has 0 radical (unpaired) electrons. The van der Waals surface area contributed by atoms with Gasteiger partial charge in [-0.15, -0.1) is 0 Å². The van der Waals surface area contributed by atoms with Crippen LogP contribution in [0.15, 0.2) is 59.0 Å². The predicted molar refractivity (Wildman–Crippen MR) is 68.6 cm³/mol. The van der Waals surface area contributed by atoms with Gasteiger partial charge in [-0.2, -0.15) is 10.2 Å². The van der Waals surface area contributed by atoms with Crippen molar-refractivity contribution in [2.75, 3.05) is 0 Å². The van der Waals surface area contributed by atoms with Crippen molar-refractivity contribution in [2.45, 2.75) is 13.0 Å². The number of halogens is 1. The van der Waals surface area contributed by atoms with Crippen LogP contribution in [0.3, 0.4) is 0 Å². The molecule has 17 heavy (non-hydrogen) atoms. The summed E-state index contributed by atoms with van der Waals surface area (Å²) in [5.74, 6) is 0. The van der Waals surface area contributed by atoms with E-state index in [9.17, 15) is 0 Å². The summed E-state index contributed by atoms with van der Waals surface area (Å²) < 4.78 is 0. The summed E-state index contributed by atoms with van der Waals surface area (Å²) in [6.07, 6.45) is 3.54. The minimum atomic E-state index is -0.000576. The van der Waals surface area contributed by atoms with E-state index in [1.807, 2.05) is 31.2 Å². The molecule has 0 aliphatic carbocycles. The van der Waals surface area contributed by atoms with E-state index in [0.29, 0.717) is 5.02 Å². The van der Waals surface area contributed by atoms with Gasteiger partial charge in [-0.05, 0) is 42.8 Å². The van der Waals surface area contributed by atoms with Crippen LogP contribution in [0.25, 0.3) is 0 Å². The molecule has 0 aliphatic heterocycles. The van der Waals surface area contributed by atoms with Crippen molar-refractivity contribution in [2.24, 2.45) is 10.2 Å². The Morgan fingerprint density at radius 2 is 1.94 bits per heavy atom. The fourth-order valence-corrected chi connectivity index (χ4v) is 1.48. The Labute approximate surface area is 105 Å². The third kappa shape index (κ3) is 3.36. The molecule has 1 atom stereocenters. The van der Waals surface area contributed by atoms with Crippen LogP contribution >= 0.6 is 11.6 Å². The lowest BCUT2D eigenvalue weighted by molar-refractivity contribution is 0.759. The van der Waals surface area contributed by atoms with Crippen molar-refractivity contribution in [1.29, 1.82) is 0 Å². The summed E-state index contributed by atoms with van der Waals surface area (Å²) in [7, 11) is 0. The monoisotopic (exact) mass is 245 g/mol. The lowest BCUT2D eigenvalue weighted by atomic mass is 10.2. The standard InChI is InChI=1S/C13H12ClN3/c1-10(11-3-2-8-15-9-11)16-17-13-6-4-12(14)5-7-13/h2-10H,1H3. The van der Waals surface area contributed by atoms with Gasteiger partial charge in [0.05, 0.1) is 11.7 Å². The zero-order chi connectivity index (χ0) is 12.1. The normalized spacial score (nSPS) is 12.8. The molecule has 0 bridgehead atoms. The van der Waals surface area contributed by atoms with Crippen molar-refractivity contribution in [1.82, 2.24) is 4.98 Å². The number of azo groups is 1. The Hall–Kier alpha value is -1.74. The molecule has 4 heteroatoms. The van der Waals surface area contributed by atoms with Gasteiger partial charge >= 0.3 is 0 Å². The maximum atomic E-state index is 5.79. The Morgan fingerprint density at radius 1 is 1.18 bits per heavy atom. The summed E-state index contributed by atoms with van der Waals surface area (Å²) >= 11 is 5.79. The lowest BCUT2D eigenvalue weighted by Crippen LogP contribution is -1.88. The average molecular weight is 246 g/mol. The Morgan fingerprint density at radius 3 is 2.59 bits per heavy atom. The highest BCUT2D eigenvalue weighted by Crippen LogP contribution is 2.21. The minimum absolute atomic E-state index is 0.000576. The quantitative estimate of drug-likeness (QED) is 0.730. The van der Waals surface area contributed by atoms with E-state index < -0.39 is 0 Å². The molecule has 1 unspecified atom stereocenters. The number of benzene rings is 1. The van der Waals surface area contributed by atoms with Crippen LogP contribution < -0.4 is 0 Å². The molecule has 2 aromatic rings. The van der Waals surface area contributed by atoms with E-state index in [4.69, 9.17) is 11.6 Å². The van der Waals surface area contributed by atoms with Crippen LogP contribution in [-0.4, -0.2) is 4.98 Å². The van der Waals surface area contributed by atoms with Crippen LogP contribution in [0.2, 0.25) is 5.02 Å². The third-order valence-corrected chi connectivity index (χ3v) is 2.59. The van der Waals surface area contributed by atoms with Crippen LogP contribution in [-0.2, 0) is 0 Å². The van der Waals surface area contributed by atoms with Crippen LogP contribution in [0.4, 0.5) is 5.69 Å². The average Bonchev–Trinajstić information content (AvgIpc) is 2.39. The van der Waals surface area contributed by atoms with E-state index in [0.717, 1.165) is 11.3 Å². The molecule has 0 saturated carbocycles. The molecule has 86 valence electrons. The summed E-state index contributed by atoms with van der Waals surface area (Å²) in [6, 6.07) is 11.1. The Bertz CT molecular complexity index is 494. The fraction of sp³-hybridized carbons (Fsp3) is 0.154. The predicted octanol–water partition coefficient (Wildman–Crippen LogP) is 4.58. The van der Waals surface area contributed by atoms with Crippen LogP contribution in [0, 0.1) is 0 Å². The van der Waals surface area contributed by atoms with Crippen molar-refractivity contribution in [3.8, 4) is 0 Å². The summed E-state index contributed by atoms with van der Waals surface area (Å²) in [4.78, 5) is 4.05. The van der Waals surface area contributed by atoms with Gasteiger partial charge in [0.25, 0.3) is 0 Å². The highest BCUT2D eigenvalue weighted by Gasteiger charge is 2.02. The molecule has 0 aliphatic rings. The first-order valence-electron chi connectivity index (χ1n) is 5.32. The van der Waals surface area contributed by atoms with Gasteiger partial charge in [0.15, 0.2) is 0 Å². The van der Waals surface area contributed by atoms with E-state index in [2.05, 4.69) is 15.2 Å². The maximum absolute atomic E-state index is 5.79. The second kappa shape index (κ2) is 5.55. The first-order chi connectivity index (χ1) is 8.25. The molecule has 0 N–H and O–H groups in total. The first-order valence-corrected chi connectivity index (χ1v) is 5.70. The number of rotatable bonds is 3. The molecule has 1 aromatic carbocycles. The zero-order valence-corrected chi connectivity index (χ0v) is 10.2. The molecule has 0 fully saturated rings.